The molecule has 1 amide bonds. The maximum absolute atomic E-state index is 12.9. The number of aromatic amines is 1. The van der Waals surface area contributed by atoms with E-state index >= 15 is 0 Å². The van der Waals surface area contributed by atoms with Crippen LogP contribution in [0.1, 0.15) is 38.1 Å². The fourth-order valence-corrected chi connectivity index (χ4v) is 2.93. The second kappa shape index (κ2) is 7.74. The number of para-hydroxylation sites is 1. The largest absolute Gasteiger partial charge is 0.444 e. The molecule has 134 valence electrons. The summed E-state index contributed by atoms with van der Waals surface area (Å²) in [7, 11) is 0. The molecule has 7 heteroatoms. The van der Waals surface area contributed by atoms with E-state index in [0.29, 0.717) is 5.56 Å². The van der Waals surface area contributed by atoms with Crippen molar-refractivity contribution in [3.8, 4) is 0 Å². The number of ketones is 1. The number of hydrogen-bond donors (Lipinski definition) is 2. The van der Waals surface area contributed by atoms with Gasteiger partial charge in [0.15, 0.2) is 10.9 Å². The quantitative estimate of drug-likeness (QED) is 0.795. The zero-order valence-electron chi connectivity index (χ0n) is 14.7. The van der Waals surface area contributed by atoms with Gasteiger partial charge in [0.05, 0.1) is 0 Å². The minimum Gasteiger partial charge on any atom is -0.444 e. The fourth-order valence-electron chi connectivity index (χ4n) is 2.30. The summed E-state index contributed by atoms with van der Waals surface area (Å²) in [5.74, 6) is -0.121. The molecule has 0 aliphatic rings. The number of thioether (sulfide) groups is 1. The number of benzene rings is 1. The van der Waals surface area contributed by atoms with Crippen LogP contribution in [0.3, 0.4) is 0 Å². The number of hydrogen-bond acceptors (Lipinski definition) is 5. The molecule has 1 atom stereocenters. The van der Waals surface area contributed by atoms with Crippen LogP contribution in [0, 0.1) is 0 Å². The Labute approximate surface area is 150 Å². The summed E-state index contributed by atoms with van der Waals surface area (Å²) < 4.78 is 5.23. The molecule has 0 aliphatic heterocycles. The Morgan fingerprint density at radius 2 is 1.92 bits per heavy atom. The second-order valence-electron chi connectivity index (χ2n) is 6.61. The molecule has 0 radical (unpaired) electrons. The highest BCUT2D eigenvalue weighted by Crippen LogP contribution is 2.20. The molecule has 1 heterocycles. The summed E-state index contributed by atoms with van der Waals surface area (Å²) in [6, 6.07) is 6.56. The maximum atomic E-state index is 12.9. The number of ether oxygens (including phenoxy) is 1. The predicted molar refractivity (Wildman–Crippen MR) is 98.9 cm³/mol. The van der Waals surface area contributed by atoms with E-state index < -0.39 is 17.7 Å². The molecule has 0 spiro atoms. The first-order valence-corrected chi connectivity index (χ1v) is 8.89. The third kappa shape index (κ3) is 5.35. The first-order valence-electron chi connectivity index (χ1n) is 7.90. The molecule has 1 aromatic heterocycles. The standard InChI is InChI=1S/C18H22N2O4S/c1-11(21)25-10-15(20-17(23)24-18(2,3)4)16(22)13-9-19-14-8-6-5-7-12(13)14/h5-9,15,19H,10H2,1-4H3,(H,20,23)/t15-/m0/s1. The number of H-pyrrole nitrogens is 1. The monoisotopic (exact) mass is 362 g/mol. The van der Waals surface area contributed by atoms with Crippen LogP contribution < -0.4 is 5.32 Å². The molecule has 25 heavy (non-hydrogen) atoms. The molecule has 0 aliphatic carbocycles. The fraction of sp³-hybridized carbons (Fsp3) is 0.389. The molecular weight excluding hydrogens is 340 g/mol. The van der Waals surface area contributed by atoms with Crippen LogP contribution in [0.15, 0.2) is 30.5 Å². The third-order valence-electron chi connectivity index (χ3n) is 3.32. The van der Waals surface area contributed by atoms with E-state index in [-0.39, 0.29) is 16.7 Å². The molecule has 0 bridgehead atoms. The summed E-state index contributed by atoms with van der Waals surface area (Å²) in [6.45, 7) is 6.65. The van der Waals surface area contributed by atoms with E-state index in [9.17, 15) is 14.4 Å². The first-order chi connectivity index (χ1) is 11.7. The Morgan fingerprint density at radius 1 is 1.24 bits per heavy atom. The van der Waals surface area contributed by atoms with Crippen molar-refractivity contribution < 1.29 is 19.1 Å². The Kier molecular flexibility index (Phi) is 5.89. The summed E-state index contributed by atoms with van der Waals surface area (Å²) in [4.78, 5) is 39.3. The third-order valence-corrected chi connectivity index (χ3v) is 4.22. The summed E-state index contributed by atoms with van der Waals surface area (Å²) >= 11 is 0.990. The molecule has 0 saturated heterocycles. The van der Waals surface area contributed by atoms with Crippen LogP contribution in [0.4, 0.5) is 4.79 Å². The van der Waals surface area contributed by atoms with E-state index in [0.717, 1.165) is 22.7 Å². The van der Waals surface area contributed by atoms with E-state index in [1.807, 2.05) is 24.3 Å². The minimum absolute atomic E-state index is 0.122. The van der Waals surface area contributed by atoms with Crippen molar-refractivity contribution in [2.45, 2.75) is 39.3 Å². The average Bonchev–Trinajstić information content (AvgIpc) is 2.92. The van der Waals surface area contributed by atoms with Crippen molar-refractivity contribution in [1.82, 2.24) is 10.3 Å². The van der Waals surface area contributed by atoms with Crippen LogP contribution in [0.25, 0.3) is 10.9 Å². The van der Waals surface area contributed by atoms with E-state index in [2.05, 4.69) is 10.3 Å². The van der Waals surface area contributed by atoms with Gasteiger partial charge in [-0.15, -0.1) is 0 Å². The summed E-state index contributed by atoms with van der Waals surface area (Å²) in [6.07, 6.45) is 0.935. The van der Waals surface area contributed by atoms with E-state index in [1.165, 1.54) is 6.92 Å². The number of fused-ring (bicyclic) bond motifs is 1. The van der Waals surface area contributed by atoms with Crippen molar-refractivity contribution in [3.05, 3.63) is 36.0 Å². The normalized spacial score (nSPS) is 12.6. The molecule has 0 saturated carbocycles. The lowest BCUT2D eigenvalue weighted by Gasteiger charge is -2.22. The lowest BCUT2D eigenvalue weighted by molar-refractivity contribution is -0.109. The lowest BCUT2D eigenvalue weighted by Crippen LogP contribution is -2.45. The molecule has 2 rings (SSSR count). The molecule has 2 aromatic rings. The van der Waals surface area contributed by atoms with E-state index in [1.54, 1.807) is 27.0 Å². The zero-order valence-corrected chi connectivity index (χ0v) is 15.5. The number of rotatable bonds is 5. The smallest absolute Gasteiger partial charge is 0.408 e. The van der Waals surface area contributed by atoms with Crippen molar-refractivity contribution >= 4 is 39.7 Å². The SMILES string of the molecule is CC(=O)SC[C@H](NC(=O)OC(C)(C)C)C(=O)c1c[nH]c2ccccc12. The van der Waals surface area contributed by atoms with Gasteiger partial charge in [0, 0.05) is 35.3 Å². The second-order valence-corrected chi connectivity index (χ2v) is 7.81. The van der Waals surface area contributed by atoms with E-state index in [4.69, 9.17) is 4.74 Å². The minimum atomic E-state index is -0.858. The zero-order chi connectivity index (χ0) is 18.6. The van der Waals surface area contributed by atoms with Crippen LogP contribution in [0.2, 0.25) is 0 Å². The molecule has 1 aromatic carbocycles. The number of nitrogens with one attached hydrogen (secondary N) is 2. The highest BCUT2D eigenvalue weighted by Gasteiger charge is 2.27. The number of carbonyl (C=O) groups is 3. The van der Waals surface area contributed by atoms with Crippen molar-refractivity contribution in [2.24, 2.45) is 0 Å². The van der Waals surface area contributed by atoms with Gasteiger partial charge >= 0.3 is 6.09 Å². The van der Waals surface area contributed by atoms with Crippen LogP contribution in [-0.4, -0.2) is 39.4 Å². The van der Waals surface area contributed by atoms with Crippen LogP contribution in [0.5, 0.6) is 0 Å². The summed E-state index contributed by atoms with van der Waals surface area (Å²) in [5, 5.41) is 3.24. The van der Waals surface area contributed by atoms with Gasteiger partial charge < -0.3 is 15.0 Å². The van der Waals surface area contributed by atoms with Gasteiger partial charge in [0.1, 0.15) is 11.6 Å². The van der Waals surface area contributed by atoms with Crippen molar-refractivity contribution in [3.63, 3.8) is 0 Å². The highest BCUT2D eigenvalue weighted by molar-refractivity contribution is 8.13. The lowest BCUT2D eigenvalue weighted by atomic mass is 10.0. The molecule has 0 fully saturated rings. The van der Waals surface area contributed by atoms with Crippen LogP contribution >= 0.6 is 11.8 Å². The van der Waals surface area contributed by atoms with Gasteiger partial charge in [-0.1, -0.05) is 30.0 Å². The van der Waals surface area contributed by atoms with Crippen LogP contribution in [-0.2, 0) is 9.53 Å². The first kappa shape index (κ1) is 19.1. The summed E-state index contributed by atoms with van der Waals surface area (Å²) in [5.41, 5.74) is 0.633. The number of carbonyl (C=O) groups excluding carboxylic acids is 3. The Bertz CT molecular complexity index is 792. The van der Waals surface area contributed by atoms with Gasteiger partial charge in [-0.2, -0.15) is 0 Å². The Balaban J connectivity index is 2.23. The predicted octanol–water partition coefficient (Wildman–Crippen LogP) is 3.52. The maximum Gasteiger partial charge on any atom is 0.408 e. The highest BCUT2D eigenvalue weighted by atomic mass is 32.2. The number of amides is 1. The van der Waals surface area contributed by atoms with Crippen molar-refractivity contribution in [2.75, 3.05) is 5.75 Å². The number of Topliss-reactive ketones (excluding diaryl/α,β-unsaturated/α-hetero) is 1. The van der Waals surface area contributed by atoms with Gasteiger partial charge in [0.2, 0.25) is 0 Å². The Hall–Kier alpha value is -2.28. The number of alkyl carbamates (subject to hydrolysis) is 1. The molecular formula is C18H22N2O4S. The topological polar surface area (TPSA) is 88.3 Å². The molecule has 0 unspecified atom stereocenters. The molecule has 2 N–H and O–H groups in total. The average molecular weight is 362 g/mol. The Morgan fingerprint density at radius 3 is 2.56 bits per heavy atom. The van der Waals surface area contributed by atoms with Gasteiger partial charge in [-0.25, -0.2) is 4.79 Å². The number of aromatic nitrogens is 1. The van der Waals surface area contributed by atoms with Crippen molar-refractivity contribution in [1.29, 1.82) is 0 Å². The van der Waals surface area contributed by atoms with Gasteiger partial charge in [-0.3, -0.25) is 9.59 Å². The van der Waals surface area contributed by atoms with Gasteiger partial charge in [-0.05, 0) is 26.8 Å². The van der Waals surface area contributed by atoms with Gasteiger partial charge in [0.25, 0.3) is 0 Å². The molecule has 6 nitrogen and oxygen atoms in total.